The van der Waals surface area contributed by atoms with Gasteiger partial charge in [0.05, 0.1) is 13.2 Å². The predicted octanol–water partition coefficient (Wildman–Crippen LogP) is 1.04. The van der Waals surface area contributed by atoms with E-state index in [0.29, 0.717) is 18.9 Å². The van der Waals surface area contributed by atoms with E-state index in [4.69, 9.17) is 4.74 Å². The summed E-state index contributed by atoms with van der Waals surface area (Å²) in [5.74, 6) is -0.785. The van der Waals surface area contributed by atoms with Gasteiger partial charge in [0.1, 0.15) is 12.6 Å². The van der Waals surface area contributed by atoms with E-state index in [0.717, 1.165) is 23.7 Å². The molecule has 8 nitrogen and oxygen atoms in total. The number of hydrogen-bond donors (Lipinski definition) is 2. The number of imide groups is 1. The average molecular weight is 360 g/mol. The van der Waals surface area contributed by atoms with Gasteiger partial charge in [-0.05, 0) is 30.2 Å². The summed E-state index contributed by atoms with van der Waals surface area (Å²) in [4.78, 5) is 39.5. The minimum absolute atomic E-state index is 0.0211. The maximum absolute atomic E-state index is 12.2. The standard InChI is InChI=1S/C18H24N4O4/c1-12(2)16-17(24)22(18(25)20-16)11-15(23)19-13-3-5-14(6-4-13)21-7-9-26-10-8-21/h3-6,12,16H,7-11H2,1-2H3,(H,19,23)(H,20,25). The molecule has 0 spiro atoms. The Morgan fingerprint density at radius 2 is 1.88 bits per heavy atom. The molecular formula is C18H24N4O4. The number of nitrogens with zero attached hydrogens (tertiary/aromatic N) is 2. The van der Waals surface area contributed by atoms with Crippen molar-refractivity contribution in [2.45, 2.75) is 19.9 Å². The third-order valence-electron chi connectivity index (χ3n) is 4.55. The molecule has 4 amide bonds. The first-order valence-corrected chi connectivity index (χ1v) is 8.80. The van der Waals surface area contributed by atoms with Crippen molar-refractivity contribution in [1.29, 1.82) is 0 Å². The molecule has 2 aliphatic rings. The van der Waals surface area contributed by atoms with E-state index in [1.807, 2.05) is 38.1 Å². The van der Waals surface area contributed by atoms with Gasteiger partial charge in [0.2, 0.25) is 5.91 Å². The summed E-state index contributed by atoms with van der Waals surface area (Å²) in [5.41, 5.74) is 1.69. The summed E-state index contributed by atoms with van der Waals surface area (Å²) in [6.07, 6.45) is 0. The highest BCUT2D eigenvalue weighted by atomic mass is 16.5. The summed E-state index contributed by atoms with van der Waals surface area (Å²) in [6, 6.07) is 6.40. The molecular weight excluding hydrogens is 336 g/mol. The number of carbonyl (C=O) groups is 3. The fourth-order valence-corrected chi connectivity index (χ4v) is 3.06. The van der Waals surface area contributed by atoms with Crippen molar-refractivity contribution in [3.8, 4) is 0 Å². The number of nitrogens with one attached hydrogen (secondary N) is 2. The van der Waals surface area contributed by atoms with Gasteiger partial charge in [-0.3, -0.25) is 14.5 Å². The van der Waals surface area contributed by atoms with E-state index < -0.39 is 18.0 Å². The normalized spacial score (nSPS) is 20.5. The Morgan fingerprint density at radius 3 is 2.46 bits per heavy atom. The average Bonchev–Trinajstić information content (AvgIpc) is 2.91. The summed E-state index contributed by atoms with van der Waals surface area (Å²) in [6.45, 7) is 6.51. The highest BCUT2D eigenvalue weighted by Gasteiger charge is 2.40. The Bertz CT molecular complexity index is 683. The zero-order chi connectivity index (χ0) is 18.7. The molecule has 1 aromatic rings. The molecule has 140 valence electrons. The molecule has 1 unspecified atom stereocenters. The Hall–Kier alpha value is -2.61. The van der Waals surface area contributed by atoms with Gasteiger partial charge in [0.15, 0.2) is 0 Å². The first-order chi connectivity index (χ1) is 12.5. The number of benzene rings is 1. The van der Waals surface area contributed by atoms with Crippen LogP contribution in [0.25, 0.3) is 0 Å². The molecule has 0 aliphatic carbocycles. The second-order valence-corrected chi connectivity index (χ2v) is 6.79. The van der Waals surface area contributed by atoms with Crippen molar-refractivity contribution in [3.05, 3.63) is 24.3 Å². The van der Waals surface area contributed by atoms with Gasteiger partial charge in [0, 0.05) is 24.5 Å². The molecule has 3 rings (SSSR count). The van der Waals surface area contributed by atoms with Crippen LogP contribution in [0.3, 0.4) is 0 Å². The summed E-state index contributed by atoms with van der Waals surface area (Å²) in [7, 11) is 0. The van der Waals surface area contributed by atoms with Gasteiger partial charge < -0.3 is 20.3 Å². The first kappa shape index (κ1) is 18.2. The number of carbonyl (C=O) groups excluding carboxylic acids is 3. The lowest BCUT2D eigenvalue weighted by Crippen LogP contribution is -2.39. The molecule has 2 saturated heterocycles. The lowest BCUT2D eigenvalue weighted by atomic mass is 10.1. The Morgan fingerprint density at radius 1 is 1.23 bits per heavy atom. The highest BCUT2D eigenvalue weighted by molar-refractivity contribution is 6.08. The number of anilines is 2. The molecule has 0 bridgehead atoms. The molecule has 26 heavy (non-hydrogen) atoms. The number of ether oxygens (including phenoxy) is 1. The minimum Gasteiger partial charge on any atom is -0.378 e. The van der Waals surface area contributed by atoms with Gasteiger partial charge >= 0.3 is 6.03 Å². The number of urea groups is 1. The lowest BCUT2D eigenvalue weighted by molar-refractivity contribution is -0.131. The topological polar surface area (TPSA) is 91.0 Å². The zero-order valence-electron chi connectivity index (χ0n) is 15.0. The van der Waals surface area contributed by atoms with E-state index in [-0.39, 0.29) is 18.4 Å². The van der Waals surface area contributed by atoms with Crippen LogP contribution in [0.15, 0.2) is 24.3 Å². The zero-order valence-corrected chi connectivity index (χ0v) is 15.0. The van der Waals surface area contributed by atoms with Gasteiger partial charge in [-0.15, -0.1) is 0 Å². The van der Waals surface area contributed by atoms with Crippen molar-refractivity contribution in [1.82, 2.24) is 10.2 Å². The van der Waals surface area contributed by atoms with Crippen molar-refractivity contribution >= 4 is 29.2 Å². The van der Waals surface area contributed by atoms with Crippen LogP contribution in [0.5, 0.6) is 0 Å². The van der Waals surface area contributed by atoms with Crippen molar-refractivity contribution in [2.75, 3.05) is 43.1 Å². The molecule has 2 fully saturated rings. The molecule has 0 saturated carbocycles. The summed E-state index contributed by atoms with van der Waals surface area (Å²) < 4.78 is 5.34. The third-order valence-corrected chi connectivity index (χ3v) is 4.55. The number of morpholine rings is 1. The molecule has 1 aromatic carbocycles. The number of rotatable bonds is 5. The van der Waals surface area contributed by atoms with Crippen LogP contribution in [-0.2, 0) is 14.3 Å². The van der Waals surface area contributed by atoms with E-state index >= 15 is 0 Å². The fourth-order valence-electron chi connectivity index (χ4n) is 3.06. The van der Waals surface area contributed by atoms with Crippen LogP contribution in [0, 0.1) is 5.92 Å². The van der Waals surface area contributed by atoms with Crippen molar-refractivity contribution < 1.29 is 19.1 Å². The van der Waals surface area contributed by atoms with E-state index in [1.54, 1.807) is 0 Å². The van der Waals surface area contributed by atoms with Gasteiger partial charge in [-0.25, -0.2) is 4.79 Å². The second kappa shape index (κ2) is 7.74. The maximum atomic E-state index is 12.2. The Labute approximate surface area is 152 Å². The SMILES string of the molecule is CC(C)C1NC(=O)N(CC(=O)Nc2ccc(N3CCOCC3)cc2)C1=O. The third kappa shape index (κ3) is 3.96. The molecule has 2 aliphatic heterocycles. The quantitative estimate of drug-likeness (QED) is 0.766. The van der Waals surface area contributed by atoms with E-state index in [1.165, 1.54) is 0 Å². The molecule has 2 heterocycles. The molecule has 0 radical (unpaired) electrons. The molecule has 1 atom stereocenters. The number of hydrogen-bond acceptors (Lipinski definition) is 5. The first-order valence-electron chi connectivity index (χ1n) is 8.80. The second-order valence-electron chi connectivity index (χ2n) is 6.79. The van der Waals surface area contributed by atoms with Crippen LogP contribution in [0.1, 0.15) is 13.8 Å². The van der Waals surface area contributed by atoms with Crippen molar-refractivity contribution in [3.63, 3.8) is 0 Å². The van der Waals surface area contributed by atoms with Gasteiger partial charge in [-0.2, -0.15) is 0 Å². The van der Waals surface area contributed by atoms with Crippen LogP contribution < -0.4 is 15.5 Å². The fraction of sp³-hybridized carbons (Fsp3) is 0.500. The van der Waals surface area contributed by atoms with Gasteiger partial charge in [0.25, 0.3) is 5.91 Å². The highest BCUT2D eigenvalue weighted by Crippen LogP contribution is 2.19. The Balaban J connectivity index is 1.56. The van der Waals surface area contributed by atoms with Crippen LogP contribution >= 0.6 is 0 Å². The Kier molecular flexibility index (Phi) is 5.41. The molecule has 8 heteroatoms. The maximum Gasteiger partial charge on any atom is 0.325 e. The van der Waals surface area contributed by atoms with E-state index in [2.05, 4.69) is 15.5 Å². The monoisotopic (exact) mass is 360 g/mol. The lowest BCUT2D eigenvalue weighted by Gasteiger charge is -2.28. The number of amides is 4. The predicted molar refractivity (Wildman–Crippen MR) is 97.0 cm³/mol. The van der Waals surface area contributed by atoms with Gasteiger partial charge in [-0.1, -0.05) is 13.8 Å². The summed E-state index contributed by atoms with van der Waals surface area (Å²) in [5, 5.41) is 5.34. The van der Waals surface area contributed by atoms with Crippen LogP contribution in [-0.4, -0.2) is 61.6 Å². The summed E-state index contributed by atoms with van der Waals surface area (Å²) >= 11 is 0. The van der Waals surface area contributed by atoms with Crippen molar-refractivity contribution in [2.24, 2.45) is 5.92 Å². The largest absolute Gasteiger partial charge is 0.378 e. The molecule has 2 N–H and O–H groups in total. The van der Waals surface area contributed by atoms with Crippen LogP contribution in [0.2, 0.25) is 0 Å². The smallest absolute Gasteiger partial charge is 0.325 e. The van der Waals surface area contributed by atoms with E-state index in [9.17, 15) is 14.4 Å². The minimum atomic E-state index is -0.567. The molecule has 0 aromatic heterocycles. The van der Waals surface area contributed by atoms with Crippen LogP contribution in [0.4, 0.5) is 16.2 Å².